The van der Waals surface area contributed by atoms with E-state index in [0.29, 0.717) is 23.8 Å². The topological polar surface area (TPSA) is 62.2 Å². The van der Waals surface area contributed by atoms with Crippen molar-refractivity contribution in [3.63, 3.8) is 0 Å². The van der Waals surface area contributed by atoms with Crippen LogP contribution in [0, 0.1) is 11.8 Å². The number of Topliss-reactive ketones (excluding diaryl/α,β-unsaturated/α-hetero) is 1. The summed E-state index contributed by atoms with van der Waals surface area (Å²) < 4.78 is 26.1. The lowest BCUT2D eigenvalue weighted by Crippen LogP contribution is -2.47. The van der Waals surface area contributed by atoms with Crippen LogP contribution in [0.5, 0.6) is 11.5 Å². The number of fused-ring (bicyclic) bond motifs is 1. The molecule has 0 unspecified atom stereocenters. The zero-order valence-electron chi connectivity index (χ0n) is 20.2. The molecule has 0 radical (unpaired) electrons. The first-order valence-electron chi connectivity index (χ1n) is 12.3. The lowest BCUT2D eigenvalue weighted by molar-refractivity contribution is -0.135. The van der Waals surface area contributed by atoms with E-state index in [1.165, 1.54) is 19.3 Å². The second-order valence-corrected chi connectivity index (χ2v) is 9.58. The first-order valence-corrected chi connectivity index (χ1v) is 11.3. The molecule has 6 nitrogen and oxygen atoms in total. The third kappa shape index (κ3) is 5.09. The molecule has 0 bridgehead atoms. The predicted octanol–water partition coefficient (Wildman–Crippen LogP) is 3.46. The number of carbonyl (C=O) groups is 1. The normalized spacial score (nSPS) is 27.5. The Balaban J connectivity index is 1.19. The molecular formula is C24H36N2O4. The number of rotatable bonds is 7. The summed E-state index contributed by atoms with van der Waals surface area (Å²) in [6, 6.07) is 5.60. The van der Waals surface area contributed by atoms with Gasteiger partial charge in [0.15, 0.2) is 17.3 Å². The summed E-state index contributed by atoms with van der Waals surface area (Å²) in [4.78, 5) is 16.8. The SMILES string of the molecule is [2H]C1([2H])Oc2cccc(N3CCN(CCC4CCC(CC(=O)C(C)(C)O)CC4)CC3)c2O1. The van der Waals surface area contributed by atoms with Crippen LogP contribution >= 0.6 is 0 Å². The minimum absolute atomic E-state index is 0.0315. The molecule has 2 heterocycles. The van der Waals surface area contributed by atoms with Gasteiger partial charge in [0.25, 0.3) is 0 Å². The summed E-state index contributed by atoms with van der Waals surface area (Å²) in [5.41, 5.74) is -0.300. The van der Waals surface area contributed by atoms with Crippen LogP contribution < -0.4 is 14.4 Å². The van der Waals surface area contributed by atoms with Crippen molar-refractivity contribution in [1.29, 1.82) is 0 Å². The molecule has 166 valence electrons. The second kappa shape index (κ2) is 9.15. The van der Waals surface area contributed by atoms with E-state index in [-0.39, 0.29) is 5.78 Å². The van der Waals surface area contributed by atoms with Crippen molar-refractivity contribution in [2.24, 2.45) is 11.8 Å². The summed E-state index contributed by atoms with van der Waals surface area (Å²) in [7, 11) is 0. The lowest BCUT2D eigenvalue weighted by Gasteiger charge is -2.37. The lowest BCUT2D eigenvalue weighted by atomic mass is 9.77. The van der Waals surface area contributed by atoms with Gasteiger partial charge < -0.3 is 19.5 Å². The van der Waals surface area contributed by atoms with E-state index in [0.717, 1.165) is 57.2 Å². The van der Waals surface area contributed by atoms with E-state index in [2.05, 4.69) is 9.80 Å². The van der Waals surface area contributed by atoms with Crippen LogP contribution in [-0.2, 0) is 4.79 Å². The van der Waals surface area contributed by atoms with Crippen molar-refractivity contribution in [1.82, 2.24) is 4.90 Å². The molecule has 0 aromatic heterocycles. The Labute approximate surface area is 182 Å². The summed E-state index contributed by atoms with van der Waals surface area (Å²) in [6.07, 6.45) is 6.25. The number of piperazine rings is 1. The van der Waals surface area contributed by atoms with Crippen LogP contribution in [0.15, 0.2) is 18.2 Å². The van der Waals surface area contributed by atoms with E-state index in [1.807, 2.05) is 12.1 Å². The fraction of sp³-hybridized carbons (Fsp3) is 0.708. The van der Waals surface area contributed by atoms with Crippen LogP contribution in [-0.4, -0.2) is 60.9 Å². The standard InChI is InChI=1S/C24H36N2O4/c1-24(2,28)22(27)16-19-8-6-18(7-9-19)10-11-25-12-14-26(15-13-25)20-4-3-5-21-23(20)30-17-29-21/h3-5,18-19,28H,6-17H2,1-2H3/i17D2. The van der Waals surface area contributed by atoms with Crippen molar-refractivity contribution in [2.75, 3.05) is 44.4 Å². The molecule has 30 heavy (non-hydrogen) atoms. The molecule has 0 amide bonds. The average molecular weight is 419 g/mol. The number of nitrogens with zero attached hydrogens (tertiary/aromatic N) is 2. The monoisotopic (exact) mass is 418 g/mol. The number of aliphatic hydroxyl groups is 1. The molecule has 4 rings (SSSR count). The first kappa shape index (κ1) is 18.9. The Morgan fingerprint density at radius 1 is 1.13 bits per heavy atom. The number of carbonyl (C=O) groups excluding carboxylic acids is 1. The third-order valence-electron chi connectivity index (χ3n) is 6.94. The highest BCUT2D eigenvalue weighted by Gasteiger charge is 2.30. The van der Waals surface area contributed by atoms with E-state index in [4.69, 9.17) is 12.2 Å². The predicted molar refractivity (Wildman–Crippen MR) is 117 cm³/mol. The van der Waals surface area contributed by atoms with Crippen molar-refractivity contribution in [2.45, 2.75) is 58.0 Å². The van der Waals surface area contributed by atoms with Gasteiger partial charge in [-0.25, -0.2) is 0 Å². The van der Waals surface area contributed by atoms with Gasteiger partial charge in [-0.3, -0.25) is 9.69 Å². The number of para-hydroxylation sites is 1. The third-order valence-corrected chi connectivity index (χ3v) is 6.94. The maximum Gasteiger partial charge on any atom is 0.231 e. The van der Waals surface area contributed by atoms with Gasteiger partial charge in [-0.15, -0.1) is 0 Å². The highest BCUT2D eigenvalue weighted by atomic mass is 16.7. The number of hydrogen-bond donors (Lipinski definition) is 1. The molecule has 1 aromatic rings. The Kier molecular flexibility index (Phi) is 5.77. The number of ketones is 1. The zero-order valence-corrected chi connectivity index (χ0v) is 18.2. The van der Waals surface area contributed by atoms with Gasteiger partial charge in [0.05, 0.1) is 5.69 Å². The van der Waals surface area contributed by atoms with Crippen LogP contribution in [0.4, 0.5) is 5.69 Å². The molecule has 0 spiro atoms. The molecule has 1 aromatic carbocycles. The number of ether oxygens (including phenoxy) is 2. The van der Waals surface area contributed by atoms with Gasteiger partial charge in [0.1, 0.15) is 8.34 Å². The molecule has 0 atom stereocenters. The average Bonchev–Trinajstić information content (AvgIpc) is 3.07. The minimum atomic E-state index is -2.10. The molecule has 3 aliphatic rings. The van der Waals surface area contributed by atoms with Crippen molar-refractivity contribution < 1.29 is 22.1 Å². The Bertz CT molecular complexity index is 811. The fourth-order valence-corrected chi connectivity index (χ4v) is 4.86. The van der Waals surface area contributed by atoms with Gasteiger partial charge in [-0.05, 0) is 63.6 Å². The minimum Gasteiger partial charge on any atom is -0.454 e. The molecule has 1 saturated heterocycles. The Morgan fingerprint density at radius 2 is 1.83 bits per heavy atom. The fourth-order valence-electron chi connectivity index (χ4n) is 4.86. The number of hydrogen-bond acceptors (Lipinski definition) is 6. The van der Waals surface area contributed by atoms with Gasteiger partial charge in [0.2, 0.25) is 6.75 Å². The molecule has 1 N–H and O–H groups in total. The number of anilines is 1. The van der Waals surface area contributed by atoms with Gasteiger partial charge in [-0.2, -0.15) is 0 Å². The second-order valence-electron chi connectivity index (χ2n) is 9.58. The van der Waals surface area contributed by atoms with Gasteiger partial charge in [-0.1, -0.05) is 18.9 Å². The summed E-state index contributed by atoms with van der Waals surface area (Å²) >= 11 is 0. The highest BCUT2D eigenvalue weighted by molar-refractivity contribution is 5.86. The Morgan fingerprint density at radius 3 is 2.53 bits per heavy atom. The largest absolute Gasteiger partial charge is 0.454 e. The van der Waals surface area contributed by atoms with Gasteiger partial charge in [0, 0.05) is 32.6 Å². The van der Waals surface area contributed by atoms with E-state index >= 15 is 0 Å². The van der Waals surface area contributed by atoms with Crippen molar-refractivity contribution >= 4 is 11.5 Å². The smallest absolute Gasteiger partial charge is 0.231 e. The van der Waals surface area contributed by atoms with E-state index in [1.54, 1.807) is 19.9 Å². The molecule has 2 aliphatic heterocycles. The molecule has 6 heteroatoms. The Hall–Kier alpha value is -1.79. The maximum atomic E-state index is 12.1. The van der Waals surface area contributed by atoms with E-state index in [9.17, 15) is 9.90 Å². The highest BCUT2D eigenvalue weighted by Crippen LogP contribution is 2.41. The maximum absolute atomic E-state index is 12.1. The number of benzene rings is 1. The van der Waals surface area contributed by atoms with Crippen molar-refractivity contribution in [3.8, 4) is 11.5 Å². The molecule has 2 fully saturated rings. The molecule has 1 aliphatic carbocycles. The summed E-state index contributed by atoms with van der Waals surface area (Å²) in [5.74, 6) is 2.10. The van der Waals surface area contributed by atoms with Gasteiger partial charge >= 0.3 is 0 Å². The molecular weight excluding hydrogens is 380 g/mol. The summed E-state index contributed by atoms with van der Waals surface area (Å²) in [6.45, 7) is 5.90. The summed E-state index contributed by atoms with van der Waals surface area (Å²) in [5, 5.41) is 9.87. The van der Waals surface area contributed by atoms with E-state index < -0.39 is 12.3 Å². The first-order chi connectivity index (χ1) is 15.1. The van der Waals surface area contributed by atoms with Crippen LogP contribution in [0.3, 0.4) is 0 Å². The van der Waals surface area contributed by atoms with Crippen LogP contribution in [0.2, 0.25) is 0 Å². The van der Waals surface area contributed by atoms with Crippen LogP contribution in [0.1, 0.15) is 55.1 Å². The zero-order chi connectivity index (χ0) is 22.9. The molecule has 1 saturated carbocycles. The van der Waals surface area contributed by atoms with Crippen LogP contribution in [0.25, 0.3) is 0 Å². The quantitative estimate of drug-likeness (QED) is 0.732. The van der Waals surface area contributed by atoms with Crippen molar-refractivity contribution in [3.05, 3.63) is 18.2 Å².